The van der Waals surface area contributed by atoms with Gasteiger partial charge in [-0.05, 0) is 109 Å². The molecule has 308 valence electrons. The molecule has 1 aromatic heterocycles. The molecule has 3 amide bonds. The number of aryl methyl sites for hydroxylation is 1. The highest BCUT2D eigenvalue weighted by atomic mass is 35.5. The highest BCUT2D eigenvalue weighted by Crippen LogP contribution is 2.29. The van der Waals surface area contributed by atoms with E-state index in [1.807, 2.05) is 43.3 Å². The van der Waals surface area contributed by atoms with Gasteiger partial charge in [0.1, 0.15) is 6.04 Å². The summed E-state index contributed by atoms with van der Waals surface area (Å²) in [6.45, 7) is 6.32. The molecular formula is C41H55ClN8O7. The van der Waals surface area contributed by atoms with Crippen molar-refractivity contribution in [1.82, 2.24) is 31.3 Å². The van der Waals surface area contributed by atoms with Gasteiger partial charge < -0.3 is 40.6 Å². The topological polar surface area (TPSA) is 205 Å². The number of aromatic amines is 1. The number of nitrogens with zero attached hydrogens (tertiary/aromatic N) is 3. The summed E-state index contributed by atoms with van der Waals surface area (Å²) >= 11 is 0. The van der Waals surface area contributed by atoms with Gasteiger partial charge in [-0.3, -0.25) is 14.4 Å². The van der Waals surface area contributed by atoms with E-state index >= 15 is 0 Å². The molecule has 1 atom stereocenters. The van der Waals surface area contributed by atoms with Crippen molar-refractivity contribution in [3.8, 4) is 22.5 Å². The van der Waals surface area contributed by atoms with Gasteiger partial charge in [-0.15, -0.1) is 22.6 Å². The lowest BCUT2D eigenvalue weighted by molar-refractivity contribution is -0.130. The minimum absolute atomic E-state index is 0. The van der Waals surface area contributed by atoms with Gasteiger partial charge in [0.05, 0.1) is 46.2 Å². The first-order valence-electron chi connectivity index (χ1n) is 19.2. The second kappa shape index (κ2) is 24.1. The first-order valence-corrected chi connectivity index (χ1v) is 19.2. The molecule has 15 nitrogen and oxygen atoms in total. The van der Waals surface area contributed by atoms with Crippen LogP contribution in [0.2, 0.25) is 0 Å². The fourth-order valence-electron chi connectivity index (χ4n) is 6.58. The maximum atomic E-state index is 13.7. The first kappa shape index (κ1) is 44.9. The van der Waals surface area contributed by atoms with Crippen molar-refractivity contribution < 1.29 is 33.3 Å². The lowest BCUT2D eigenvalue weighted by Gasteiger charge is -2.28. The van der Waals surface area contributed by atoms with E-state index in [9.17, 15) is 14.4 Å². The van der Waals surface area contributed by atoms with Gasteiger partial charge in [-0.2, -0.15) is 5.21 Å². The molecule has 1 fully saturated rings. The fourth-order valence-corrected chi connectivity index (χ4v) is 6.58. The summed E-state index contributed by atoms with van der Waals surface area (Å²) in [5, 5.41) is 22.9. The van der Waals surface area contributed by atoms with Crippen LogP contribution < -0.4 is 21.7 Å². The van der Waals surface area contributed by atoms with E-state index < -0.39 is 6.04 Å². The minimum atomic E-state index is -0.799. The van der Waals surface area contributed by atoms with Gasteiger partial charge >= 0.3 is 0 Å². The predicted octanol–water partition coefficient (Wildman–Crippen LogP) is 4.12. The van der Waals surface area contributed by atoms with Crippen LogP contribution in [0.25, 0.3) is 22.5 Å². The number of hydrogen-bond acceptors (Lipinski definition) is 11. The maximum absolute atomic E-state index is 13.7. The van der Waals surface area contributed by atoms with Crippen LogP contribution in [-0.2, 0) is 35.0 Å². The normalized spacial score (nSPS) is 15.6. The Balaban J connectivity index is 0.00000720. The zero-order chi connectivity index (χ0) is 39.5. The number of aromatic nitrogens is 4. The Morgan fingerprint density at radius 2 is 1.49 bits per heavy atom. The number of carbonyl (C=O) groups is 3. The molecule has 1 aliphatic rings. The standard InChI is InChI=1S/C41H54N8O7.ClH/c1-28-25-34(39(50)43-17-18-54-21-22-56-24-23-55-20-19-53-2)13-16-36(28)31-7-3-29(4-8-31)26-37(45-40(51)33-9-5-30(27-42)6-10-33)41(52)44-35-14-11-32(12-15-35)38-46-48-49-47-38;/h3-4,7-8,11-16,25,30,33,37H,5-6,9-10,17-24,26-27,42H2,1-2H3,(H,43,50)(H,44,52)(H,45,51)(H,46,47,48,49);1H/t30-,33-,37-;/m0./s1. The van der Waals surface area contributed by atoms with Crippen molar-refractivity contribution in [3.05, 3.63) is 83.4 Å². The van der Waals surface area contributed by atoms with Crippen molar-refractivity contribution in [1.29, 1.82) is 0 Å². The van der Waals surface area contributed by atoms with E-state index in [1.54, 1.807) is 37.4 Å². The Hall–Kier alpha value is -4.77. The third-order valence-electron chi connectivity index (χ3n) is 9.84. The molecule has 0 unspecified atom stereocenters. The number of anilines is 1. The number of amides is 3. The number of carbonyl (C=O) groups excluding carboxylic acids is 3. The number of nitrogens with one attached hydrogen (secondary N) is 4. The van der Waals surface area contributed by atoms with E-state index in [0.29, 0.717) is 88.8 Å². The second-order valence-corrected chi connectivity index (χ2v) is 13.8. The summed E-state index contributed by atoms with van der Waals surface area (Å²) in [7, 11) is 1.63. The number of nitrogens with two attached hydrogens (primary N) is 1. The number of halogens is 1. The van der Waals surface area contributed by atoms with E-state index in [-0.39, 0.29) is 36.0 Å². The fraction of sp³-hybridized carbons (Fsp3) is 0.463. The third-order valence-corrected chi connectivity index (χ3v) is 9.84. The van der Waals surface area contributed by atoms with Crippen LogP contribution in [0.1, 0.15) is 47.2 Å². The number of hydrogen-bond donors (Lipinski definition) is 5. The van der Waals surface area contributed by atoms with Crippen molar-refractivity contribution >= 4 is 35.8 Å². The highest BCUT2D eigenvalue weighted by Gasteiger charge is 2.29. The monoisotopic (exact) mass is 806 g/mol. The van der Waals surface area contributed by atoms with Crippen LogP contribution in [0.15, 0.2) is 66.7 Å². The van der Waals surface area contributed by atoms with Gasteiger partial charge in [0.25, 0.3) is 5.91 Å². The predicted molar refractivity (Wildman–Crippen MR) is 219 cm³/mol. The average molecular weight is 807 g/mol. The molecule has 5 rings (SSSR count). The summed E-state index contributed by atoms with van der Waals surface area (Å²) < 4.78 is 21.3. The van der Waals surface area contributed by atoms with Crippen molar-refractivity contribution in [2.24, 2.45) is 17.6 Å². The number of methoxy groups -OCH3 is 1. The molecule has 16 heteroatoms. The quantitative estimate of drug-likeness (QED) is 0.0715. The molecule has 1 aliphatic carbocycles. The van der Waals surface area contributed by atoms with Gasteiger partial charge in [0, 0.05) is 42.8 Å². The molecule has 0 radical (unpaired) electrons. The Morgan fingerprint density at radius 3 is 2.11 bits per heavy atom. The van der Waals surface area contributed by atoms with Crippen LogP contribution in [0.3, 0.4) is 0 Å². The molecule has 0 aliphatic heterocycles. The van der Waals surface area contributed by atoms with E-state index in [4.69, 9.17) is 24.7 Å². The average Bonchev–Trinajstić information content (AvgIpc) is 3.77. The molecule has 6 N–H and O–H groups in total. The van der Waals surface area contributed by atoms with Crippen LogP contribution in [0.4, 0.5) is 5.69 Å². The van der Waals surface area contributed by atoms with Crippen molar-refractivity contribution in [2.45, 2.75) is 45.1 Å². The van der Waals surface area contributed by atoms with Crippen molar-refractivity contribution in [3.63, 3.8) is 0 Å². The first-order chi connectivity index (χ1) is 27.3. The maximum Gasteiger partial charge on any atom is 0.251 e. The van der Waals surface area contributed by atoms with Crippen LogP contribution >= 0.6 is 12.4 Å². The Kier molecular flexibility index (Phi) is 19.0. The van der Waals surface area contributed by atoms with Gasteiger partial charge in [-0.1, -0.05) is 30.3 Å². The molecule has 0 spiro atoms. The summed E-state index contributed by atoms with van der Waals surface area (Å²) in [5.41, 5.74) is 11.6. The molecule has 0 saturated heterocycles. The number of ether oxygens (including phenoxy) is 4. The molecule has 4 aromatic rings. The van der Waals surface area contributed by atoms with Crippen LogP contribution in [0, 0.1) is 18.8 Å². The lowest BCUT2D eigenvalue weighted by atomic mass is 9.81. The second-order valence-electron chi connectivity index (χ2n) is 13.8. The Labute approximate surface area is 339 Å². The van der Waals surface area contributed by atoms with E-state index in [1.165, 1.54) is 0 Å². The van der Waals surface area contributed by atoms with Gasteiger partial charge in [-0.25, -0.2) is 0 Å². The summed E-state index contributed by atoms with van der Waals surface area (Å²) in [6, 6.07) is 19.9. The van der Waals surface area contributed by atoms with E-state index in [2.05, 4.69) is 36.6 Å². The lowest BCUT2D eigenvalue weighted by Crippen LogP contribution is -2.48. The third kappa shape index (κ3) is 14.3. The van der Waals surface area contributed by atoms with Crippen LogP contribution in [0.5, 0.6) is 0 Å². The number of rotatable bonds is 22. The van der Waals surface area contributed by atoms with Crippen molar-refractivity contribution in [2.75, 3.05) is 71.8 Å². The largest absolute Gasteiger partial charge is 0.382 e. The Morgan fingerprint density at radius 1 is 0.842 bits per heavy atom. The summed E-state index contributed by atoms with van der Waals surface area (Å²) in [4.78, 5) is 40.0. The smallest absolute Gasteiger partial charge is 0.251 e. The molecule has 3 aromatic carbocycles. The zero-order valence-corrected chi connectivity index (χ0v) is 33.5. The van der Waals surface area contributed by atoms with Gasteiger partial charge in [0.2, 0.25) is 17.6 Å². The number of tetrazole rings is 1. The SMILES string of the molecule is COCCOCCOCCOCCNC(=O)c1ccc(-c2ccc(C[C@H](NC(=O)[C@H]3CC[C@H](CN)CC3)C(=O)Nc3ccc(-c4nn[nH]n4)cc3)cc2)c(C)c1.Cl. The number of benzene rings is 3. The minimum Gasteiger partial charge on any atom is -0.382 e. The van der Waals surface area contributed by atoms with Crippen LogP contribution in [-0.4, -0.2) is 111 Å². The summed E-state index contributed by atoms with van der Waals surface area (Å²) in [6.07, 6.45) is 3.63. The molecule has 57 heavy (non-hydrogen) atoms. The molecule has 1 saturated carbocycles. The zero-order valence-electron chi connectivity index (χ0n) is 32.7. The van der Waals surface area contributed by atoms with Gasteiger partial charge in [0.15, 0.2) is 0 Å². The molecule has 0 bridgehead atoms. The Bertz CT molecular complexity index is 1800. The molecule has 1 heterocycles. The van der Waals surface area contributed by atoms with E-state index in [0.717, 1.165) is 53.5 Å². The highest BCUT2D eigenvalue weighted by molar-refractivity contribution is 5.98. The summed E-state index contributed by atoms with van der Waals surface area (Å²) in [5.74, 6) is 0.131. The number of H-pyrrole nitrogens is 1. The molecular weight excluding hydrogens is 752 g/mol.